The van der Waals surface area contributed by atoms with E-state index in [-0.39, 0.29) is 0 Å². The number of nitrogens with two attached hydrogens (primary N) is 1. The monoisotopic (exact) mass is 284 g/mol. The lowest BCUT2D eigenvalue weighted by molar-refractivity contribution is 0.213. The predicted molar refractivity (Wildman–Crippen MR) is 86.1 cm³/mol. The van der Waals surface area contributed by atoms with E-state index >= 15 is 0 Å². The van der Waals surface area contributed by atoms with Gasteiger partial charge in [0.05, 0.1) is 5.71 Å². The molecule has 0 heterocycles. The summed E-state index contributed by atoms with van der Waals surface area (Å²) in [6.45, 7) is 5.84. The van der Waals surface area contributed by atoms with E-state index in [4.69, 9.17) is 15.3 Å². The number of benzene rings is 2. The quantitative estimate of drug-likeness (QED) is 0.523. The van der Waals surface area contributed by atoms with E-state index in [0.29, 0.717) is 0 Å². The van der Waals surface area contributed by atoms with Crippen LogP contribution < -0.4 is 10.5 Å². The normalized spacial score (nSPS) is 11.3. The molecule has 0 aliphatic rings. The van der Waals surface area contributed by atoms with Gasteiger partial charge >= 0.3 is 0 Å². The Balaban J connectivity index is 2.21. The molecule has 0 aliphatic carbocycles. The summed E-state index contributed by atoms with van der Waals surface area (Å²) in [6, 6.07) is 11.6. The van der Waals surface area contributed by atoms with Crippen LogP contribution in [-0.4, -0.2) is 12.8 Å². The second kappa shape index (κ2) is 6.31. The third-order valence-corrected chi connectivity index (χ3v) is 3.29. The Kier molecular flexibility index (Phi) is 4.48. The zero-order chi connectivity index (χ0) is 15.4. The van der Waals surface area contributed by atoms with Crippen LogP contribution in [0.2, 0.25) is 0 Å². The van der Waals surface area contributed by atoms with Gasteiger partial charge in [-0.1, -0.05) is 5.16 Å². The molecular weight excluding hydrogens is 264 g/mol. The van der Waals surface area contributed by atoms with Crippen LogP contribution in [0.15, 0.2) is 41.6 Å². The van der Waals surface area contributed by atoms with Crippen molar-refractivity contribution in [3.63, 3.8) is 0 Å². The van der Waals surface area contributed by atoms with Crippen LogP contribution >= 0.6 is 0 Å². The maximum atomic E-state index is 5.91. The summed E-state index contributed by atoms with van der Waals surface area (Å²) < 4.78 is 5.91. The highest BCUT2D eigenvalue weighted by Gasteiger charge is 2.05. The first kappa shape index (κ1) is 14.9. The largest absolute Gasteiger partial charge is 0.457 e. The molecule has 0 aromatic heterocycles. The Bertz CT molecular complexity index is 661. The number of aryl methyl sites for hydroxylation is 2. The van der Waals surface area contributed by atoms with Crippen molar-refractivity contribution < 1.29 is 9.57 Å². The van der Waals surface area contributed by atoms with Crippen molar-refractivity contribution in [1.82, 2.24) is 0 Å². The van der Waals surface area contributed by atoms with Gasteiger partial charge in [-0.25, -0.2) is 0 Å². The van der Waals surface area contributed by atoms with Gasteiger partial charge in [-0.05, 0) is 73.9 Å². The van der Waals surface area contributed by atoms with Gasteiger partial charge in [-0.2, -0.15) is 0 Å². The maximum Gasteiger partial charge on any atom is 0.130 e. The van der Waals surface area contributed by atoms with Crippen molar-refractivity contribution in [1.29, 1.82) is 0 Å². The molecule has 2 rings (SSSR count). The molecule has 2 aromatic carbocycles. The molecule has 0 bridgehead atoms. The third-order valence-electron chi connectivity index (χ3n) is 3.29. The fourth-order valence-corrected chi connectivity index (χ4v) is 2.00. The van der Waals surface area contributed by atoms with Crippen LogP contribution in [0.5, 0.6) is 11.5 Å². The summed E-state index contributed by atoms with van der Waals surface area (Å²) in [5, 5.41) is 3.91. The highest BCUT2D eigenvalue weighted by Crippen LogP contribution is 2.29. The average molecular weight is 284 g/mol. The standard InChI is InChI=1S/C17H20N2O2/c1-11-10-17(12(2)9-16(11)18)21-15-7-5-14(6-8-15)13(3)19-20-4/h5-10H,18H2,1-4H3. The Morgan fingerprint density at radius 1 is 1.05 bits per heavy atom. The Hall–Kier alpha value is -2.49. The summed E-state index contributed by atoms with van der Waals surface area (Å²) in [6.07, 6.45) is 0. The first-order valence-corrected chi connectivity index (χ1v) is 6.74. The van der Waals surface area contributed by atoms with E-state index in [1.165, 1.54) is 7.11 Å². The molecule has 0 saturated carbocycles. The van der Waals surface area contributed by atoms with Gasteiger partial charge < -0.3 is 15.3 Å². The van der Waals surface area contributed by atoms with E-state index in [9.17, 15) is 0 Å². The van der Waals surface area contributed by atoms with Crippen molar-refractivity contribution in [2.75, 3.05) is 12.8 Å². The first-order chi connectivity index (χ1) is 10.0. The summed E-state index contributed by atoms with van der Waals surface area (Å²) in [5.41, 5.74) is 10.5. The first-order valence-electron chi connectivity index (χ1n) is 6.74. The molecule has 0 amide bonds. The molecule has 4 nitrogen and oxygen atoms in total. The molecule has 0 radical (unpaired) electrons. The van der Waals surface area contributed by atoms with Gasteiger partial charge in [-0.15, -0.1) is 0 Å². The van der Waals surface area contributed by atoms with Crippen LogP contribution in [0.25, 0.3) is 0 Å². The Morgan fingerprint density at radius 2 is 1.71 bits per heavy atom. The molecule has 21 heavy (non-hydrogen) atoms. The van der Waals surface area contributed by atoms with Gasteiger partial charge in [0, 0.05) is 5.69 Å². The molecule has 2 aromatic rings. The number of rotatable bonds is 4. The molecule has 0 aliphatic heterocycles. The molecule has 0 saturated heterocycles. The highest BCUT2D eigenvalue weighted by molar-refractivity contribution is 5.98. The summed E-state index contributed by atoms with van der Waals surface area (Å²) >= 11 is 0. The molecule has 0 atom stereocenters. The van der Waals surface area contributed by atoms with Gasteiger partial charge in [0.25, 0.3) is 0 Å². The molecule has 0 unspecified atom stereocenters. The summed E-state index contributed by atoms with van der Waals surface area (Å²) in [7, 11) is 1.53. The molecule has 2 N–H and O–H groups in total. The lowest BCUT2D eigenvalue weighted by Crippen LogP contribution is -1.96. The van der Waals surface area contributed by atoms with Crippen LogP contribution in [0, 0.1) is 13.8 Å². The summed E-state index contributed by atoms with van der Waals surface area (Å²) in [5.74, 6) is 1.59. The fourth-order valence-electron chi connectivity index (χ4n) is 2.00. The number of nitrogen functional groups attached to an aromatic ring is 1. The highest BCUT2D eigenvalue weighted by atomic mass is 16.6. The molecular formula is C17H20N2O2. The molecule has 110 valence electrons. The van der Waals surface area contributed by atoms with E-state index in [1.807, 2.05) is 57.2 Å². The number of ether oxygens (including phenoxy) is 1. The third kappa shape index (κ3) is 3.54. The Morgan fingerprint density at radius 3 is 2.33 bits per heavy atom. The predicted octanol–water partition coefficient (Wildman–Crippen LogP) is 4.05. The van der Waals surface area contributed by atoms with Gasteiger partial charge in [0.2, 0.25) is 0 Å². The zero-order valence-corrected chi connectivity index (χ0v) is 12.8. The van der Waals surface area contributed by atoms with E-state index < -0.39 is 0 Å². The van der Waals surface area contributed by atoms with Gasteiger partial charge in [0.15, 0.2) is 0 Å². The van der Waals surface area contributed by atoms with Crippen LogP contribution in [0.4, 0.5) is 5.69 Å². The smallest absolute Gasteiger partial charge is 0.130 e. The SMILES string of the molecule is CON=C(C)c1ccc(Oc2cc(C)c(N)cc2C)cc1. The van der Waals surface area contributed by atoms with Crippen molar-refractivity contribution in [3.05, 3.63) is 53.1 Å². The molecule has 0 spiro atoms. The molecule has 4 heteroatoms. The number of nitrogens with zero attached hydrogens (tertiary/aromatic N) is 1. The minimum absolute atomic E-state index is 0.774. The van der Waals surface area contributed by atoms with Crippen molar-refractivity contribution in [2.45, 2.75) is 20.8 Å². The lowest BCUT2D eigenvalue weighted by atomic mass is 10.1. The number of anilines is 1. The van der Waals surface area contributed by atoms with Gasteiger partial charge in [0.1, 0.15) is 18.6 Å². The number of hydrogen-bond acceptors (Lipinski definition) is 4. The van der Waals surface area contributed by atoms with Gasteiger partial charge in [-0.3, -0.25) is 0 Å². The minimum Gasteiger partial charge on any atom is -0.457 e. The van der Waals surface area contributed by atoms with Crippen molar-refractivity contribution in [3.8, 4) is 11.5 Å². The van der Waals surface area contributed by atoms with E-state index in [0.717, 1.165) is 39.6 Å². The second-order valence-electron chi connectivity index (χ2n) is 4.96. The van der Waals surface area contributed by atoms with Crippen LogP contribution in [0.3, 0.4) is 0 Å². The number of hydrogen-bond donors (Lipinski definition) is 1. The topological polar surface area (TPSA) is 56.8 Å². The van der Waals surface area contributed by atoms with Crippen molar-refractivity contribution >= 4 is 11.4 Å². The van der Waals surface area contributed by atoms with E-state index in [2.05, 4.69) is 5.16 Å². The van der Waals surface area contributed by atoms with Crippen molar-refractivity contribution in [2.24, 2.45) is 5.16 Å². The lowest BCUT2D eigenvalue weighted by Gasteiger charge is -2.11. The molecule has 0 fully saturated rings. The summed E-state index contributed by atoms with van der Waals surface area (Å²) in [4.78, 5) is 4.77. The van der Waals surface area contributed by atoms with Crippen LogP contribution in [-0.2, 0) is 4.84 Å². The minimum atomic E-state index is 0.774. The average Bonchev–Trinajstić information content (AvgIpc) is 2.46. The fraction of sp³-hybridized carbons (Fsp3) is 0.235. The number of oxime groups is 1. The van der Waals surface area contributed by atoms with Crippen LogP contribution in [0.1, 0.15) is 23.6 Å². The Labute approximate surface area is 125 Å². The second-order valence-corrected chi connectivity index (χ2v) is 4.96. The zero-order valence-electron chi connectivity index (χ0n) is 12.8. The van der Waals surface area contributed by atoms with E-state index in [1.54, 1.807) is 0 Å². The maximum absolute atomic E-state index is 5.91.